The van der Waals surface area contributed by atoms with E-state index < -0.39 is 0 Å². The number of anilines is 1. The molecule has 1 aliphatic rings. The number of hydrogen-bond acceptors (Lipinski definition) is 6. The molecule has 3 aromatic rings. The molecule has 1 amide bonds. The third-order valence-corrected chi connectivity index (χ3v) is 6.32. The van der Waals surface area contributed by atoms with Crippen molar-refractivity contribution in [3.63, 3.8) is 0 Å². The first kappa shape index (κ1) is 23.2. The summed E-state index contributed by atoms with van der Waals surface area (Å²) in [6.45, 7) is 11.6. The fourth-order valence-electron chi connectivity index (χ4n) is 4.52. The molecule has 0 aliphatic carbocycles. The fraction of sp³-hybridized carbons (Fsp3) is 0.520. The predicted octanol–water partition coefficient (Wildman–Crippen LogP) is 3.50. The number of carbonyl (C=O) groups is 1. The number of fused-ring (bicyclic) bond motifs is 1. The van der Waals surface area contributed by atoms with Crippen LogP contribution in [0, 0.1) is 26.7 Å². The number of nitrogens with zero attached hydrogens (tertiary/aromatic N) is 5. The van der Waals surface area contributed by atoms with E-state index in [1.54, 1.807) is 0 Å². The van der Waals surface area contributed by atoms with Gasteiger partial charge in [-0.2, -0.15) is 10.2 Å². The standard InChI is InChI=1S/C25H34N6O2/c1-5-33-15-7-13-26-25(32)20-8-6-14-30(16-20)24-23-22(18(3)27-28-24)19(4)31(29-23)21-11-9-17(2)10-12-21/h9-12,20H,5-8,13-16H2,1-4H3,(H,26,32)/t20-/m0/s1. The van der Waals surface area contributed by atoms with Gasteiger partial charge in [0.2, 0.25) is 5.91 Å². The molecule has 33 heavy (non-hydrogen) atoms. The zero-order valence-corrected chi connectivity index (χ0v) is 20.1. The van der Waals surface area contributed by atoms with Crippen LogP contribution in [-0.2, 0) is 9.53 Å². The summed E-state index contributed by atoms with van der Waals surface area (Å²) in [5, 5.41) is 18.0. The van der Waals surface area contributed by atoms with Crippen molar-refractivity contribution in [2.24, 2.45) is 5.92 Å². The van der Waals surface area contributed by atoms with Gasteiger partial charge in [-0.1, -0.05) is 17.7 Å². The summed E-state index contributed by atoms with van der Waals surface area (Å²) in [6, 6.07) is 8.34. The van der Waals surface area contributed by atoms with Crippen LogP contribution in [0.25, 0.3) is 16.6 Å². The quantitative estimate of drug-likeness (QED) is 0.529. The van der Waals surface area contributed by atoms with Crippen molar-refractivity contribution in [1.82, 2.24) is 25.3 Å². The Hall–Kier alpha value is -3.00. The molecule has 1 atom stereocenters. The molecule has 0 unspecified atom stereocenters. The second kappa shape index (κ2) is 10.3. The van der Waals surface area contributed by atoms with Gasteiger partial charge in [-0.15, -0.1) is 5.10 Å². The van der Waals surface area contributed by atoms with Crippen LogP contribution >= 0.6 is 0 Å². The largest absolute Gasteiger partial charge is 0.382 e. The second-order valence-corrected chi connectivity index (χ2v) is 8.79. The van der Waals surface area contributed by atoms with Crippen molar-refractivity contribution < 1.29 is 9.53 Å². The third-order valence-electron chi connectivity index (χ3n) is 6.32. The van der Waals surface area contributed by atoms with Crippen LogP contribution in [-0.4, -0.2) is 58.7 Å². The molecule has 1 aromatic carbocycles. The molecule has 3 heterocycles. The Balaban J connectivity index is 1.56. The number of piperidine rings is 1. The van der Waals surface area contributed by atoms with E-state index in [2.05, 4.69) is 58.5 Å². The van der Waals surface area contributed by atoms with Crippen LogP contribution in [0.1, 0.15) is 43.1 Å². The van der Waals surface area contributed by atoms with E-state index in [0.717, 1.165) is 59.6 Å². The average Bonchev–Trinajstić information content (AvgIpc) is 3.17. The molecule has 1 N–H and O–H groups in total. The summed E-state index contributed by atoms with van der Waals surface area (Å²) in [5.41, 5.74) is 4.98. The lowest BCUT2D eigenvalue weighted by atomic mass is 9.97. The predicted molar refractivity (Wildman–Crippen MR) is 130 cm³/mol. The Bertz CT molecular complexity index is 1110. The van der Waals surface area contributed by atoms with Crippen LogP contribution in [0.5, 0.6) is 0 Å². The van der Waals surface area contributed by atoms with E-state index in [1.165, 1.54) is 5.56 Å². The van der Waals surface area contributed by atoms with Crippen molar-refractivity contribution in [2.75, 3.05) is 37.7 Å². The van der Waals surface area contributed by atoms with Crippen molar-refractivity contribution in [1.29, 1.82) is 0 Å². The highest BCUT2D eigenvalue weighted by Crippen LogP contribution is 2.31. The monoisotopic (exact) mass is 450 g/mol. The molecule has 2 aromatic heterocycles. The van der Waals surface area contributed by atoms with Gasteiger partial charge in [0.15, 0.2) is 5.82 Å². The van der Waals surface area contributed by atoms with Crippen molar-refractivity contribution >= 4 is 22.6 Å². The number of aromatic nitrogens is 4. The van der Waals surface area contributed by atoms with Gasteiger partial charge in [-0.25, -0.2) is 4.68 Å². The number of benzene rings is 1. The van der Waals surface area contributed by atoms with Gasteiger partial charge in [-0.3, -0.25) is 4.79 Å². The number of ether oxygens (including phenoxy) is 1. The number of rotatable bonds is 8. The number of amides is 1. The van der Waals surface area contributed by atoms with Crippen LogP contribution in [0.15, 0.2) is 24.3 Å². The summed E-state index contributed by atoms with van der Waals surface area (Å²) >= 11 is 0. The molecule has 8 heteroatoms. The molecule has 0 bridgehead atoms. The molecular weight excluding hydrogens is 416 g/mol. The van der Waals surface area contributed by atoms with Crippen molar-refractivity contribution in [2.45, 2.75) is 47.0 Å². The van der Waals surface area contributed by atoms with Crippen LogP contribution < -0.4 is 10.2 Å². The average molecular weight is 451 g/mol. The minimum atomic E-state index is -0.0655. The maximum absolute atomic E-state index is 12.8. The van der Waals surface area contributed by atoms with E-state index in [-0.39, 0.29) is 11.8 Å². The molecule has 0 spiro atoms. The van der Waals surface area contributed by atoms with Crippen molar-refractivity contribution in [3.8, 4) is 5.69 Å². The third kappa shape index (κ3) is 5.00. The Morgan fingerprint density at radius 1 is 1.18 bits per heavy atom. The molecule has 8 nitrogen and oxygen atoms in total. The van der Waals surface area contributed by atoms with Gasteiger partial charge in [-0.05, 0) is 59.1 Å². The molecule has 1 aliphatic heterocycles. The summed E-state index contributed by atoms with van der Waals surface area (Å²) in [5.74, 6) is 0.802. The fourth-order valence-corrected chi connectivity index (χ4v) is 4.52. The van der Waals surface area contributed by atoms with Crippen LogP contribution in [0.4, 0.5) is 5.82 Å². The molecule has 4 rings (SSSR count). The number of hydrogen-bond donors (Lipinski definition) is 1. The smallest absolute Gasteiger partial charge is 0.224 e. The number of aryl methyl sites for hydroxylation is 3. The van der Waals surface area contributed by atoms with Gasteiger partial charge in [0, 0.05) is 32.8 Å². The van der Waals surface area contributed by atoms with E-state index in [4.69, 9.17) is 9.84 Å². The lowest BCUT2D eigenvalue weighted by Gasteiger charge is -2.32. The van der Waals surface area contributed by atoms with Gasteiger partial charge >= 0.3 is 0 Å². The van der Waals surface area contributed by atoms with E-state index in [0.29, 0.717) is 26.3 Å². The highest BCUT2D eigenvalue weighted by molar-refractivity contribution is 5.92. The highest BCUT2D eigenvalue weighted by atomic mass is 16.5. The second-order valence-electron chi connectivity index (χ2n) is 8.79. The molecule has 1 fully saturated rings. The lowest BCUT2D eigenvalue weighted by Crippen LogP contribution is -2.43. The van der Waals surface area contributed by atoms with E-state index in [1.807, 2.05) is 18.5 Å². The molecule has 0 saturated carbocycles. The number of carbonyl (C=O) groups excluding carboxylic acids is 1. The normalized spacial score (nSPS) is 16.4. The number of nitrogens with one attached hydrogen (secondary N) is 1. The Kier molecular flexibility index (Phi) is 7.23. The SMILES string of the molecule is CCOCCCNC(=O)[C@H]1CCCN(c2nnc(C)c3c(C)n(-c4ccc(C)cc4)nc23)C1. The molecule has 0 radical (unpaired) electrons. The minimum absolute atomic E-state index is 0.0655. The lowest BCUT2D eigenvalue weighted by molar-refractivity contribution is -0.125. The molecule has 1 saturated heterocycles. The summed E-state index contributed by atoms with van der Waals surface area (Å²) in [4.78, 5) is 14.9. The zero-order valence-electron chi connectivity index (χ0n) is 20.1. The first-order chi connectivity index (χ1) is 16.0. The highest BCUT2D eigenvalue weighted by Gasteiger charge is 2.29. The van der Waals surface area contributed by atoms with E-state index in [9.17, 15) is 4.79 Å². The molecule has 176 valence electrons. The first-order valence-corrected chi connectivity index (χ1v) is 11.9. The van der Waals surface area contributed by atoms with Gasteiger partial charge < -0.3 is 15.0 Å². The Morgan fingerprint density at radius 3 is 2.73 bits per heavy atom. The molecular formula is C25H34N6O2. The summed E-state index contributed by atoms with van der Waals surface area (Å²) < 4.78 is 7.32. The van der Waals surface area contributed by atoms with Crippen molar-refractivity contribution in [3.05, 3.63) is 41.2 Å². The minimum Gasteiger partial charge on any atom is -0.382 e. The van der Waals surface area contributed by atoms with Crippen LogP contribution in [0.3, 0.4) is 0 Å². The first-order valence-electron chi connectivity index (χ1n) is 11.9. The maximum atomic E-state index is 12.8. The zero-order chi connectivity index (χ0) is 23.4. The van der Waals surface area contributed by atoms with E-state index >= 15 is 0 Å². The summed E-state index contributed by atoms with van der Waals surface area (Å²) in [7, 11) is 0. The van der Waals surface area contributed by atoms with Crippen LogP contribution in [0.2, 0.25) is 0 Å². The van der Waals surface area contributed by atoms with Gasteiger partial charge in [0.1, 0.15) is 5.52 Å². The Labute approximate surface area is 195 Å². The Morgan fingerprint density at radius 2 is 1.97 bits per heavy atom. The summed E-state index contributed by atoms with van der Waals surface area (Å²) in [6.07, 6.45) is 2.65. The maximum Gasteiger partial charge on any atom is 0.224 e. The van der Waals surface area contributed by atoms with Gasteiger partial charge in [0.05, 0.1) is 28.4 Å². The van der Waals surface area contributed by atoms with Gasteiger partial charge in [0.25, 0.3) is 0 Å². The topological polar surface area (TPSA) is 85.2 Å².